The highest BCUT2D eigenvalue weighted by Crippen LogP contribution is 2.40. The van der Waals surface area contributed by atoms with Crippen molar-refractivity contribution in [1.82, 2.24) is 15.5 Å². The fourth-order valence-electron chi connectivity index (χ4n) is 5.55. The number of carbonyl (C=O) groups is 3. The van der Waals surface area contributed by atoms with E-state index in [-0.39, 0.29) is 24.5 Å². The lowest BCUT2D eigenvalue weighted by Gasteiger charge is -2.38. The van der Waals surface area contributed by atoms with Gasteiger partial charge in [-0.05, 0) is 78.1 Å². The third-order valence-corrected chi connectivity index (χ3v) is 9.20. The van der Waals surface area contributed by atoms with E-state index in [2.05, 4.69) is 10.6 Å². The number of nitrogens with zero attached hydrogens (tertiary/aromatic N) is 1. The van der Waals surface area contributed by atoms with Crippen LogP contribution in [0.4, 0.5) is 4.79 Å². The van der Waals surface area contributed by atoms with Crippen LogP contribution < -0.4 is 16.4 Å². The minimum absolute atomic E-state index is 0.0862. The first-order valence-corrected chi connectivity index (χ1v) is 14.0. The Morgan fingerprint density at radius 3 is 2.38 bits per heavy atom. The molecule has 0 bridgehead atoms. The predicted molar refractivity (Wildman–Crippen MR) is 136 cm³/mol. The van der Waals surface area contributed by atoms with Gasteiger partial charge in [0.05, 0.1) is 6.61 Å². The molecule has 0 radical (unpaired) electrons. The van der Waals surface area contributed by atoms with Crippen LogP contribution in [-0.4, -0.2) is 70.6 Å². The molecule has 3 fully saturated rings. The van der Waals surface area contributed by atoms with Gasteiger partial charge in [0.2, 0.25) is 11.8 Å². The smallest absolute Gasteiger partial charge is 0.407 e. The second-order valence-corrected chi connectivity index (χ2v) is 12.6. The summed E-state index contributed by atoms with van der Waals surface area (Å²) in [4.78, 5) is 41.0. The first-order chi connectivity index (χ1) is 16.2. The topological polar surface area (TPSA) is 114 Å². The maximum absolute atomic E-state index is 13.8. The fraction of sp³-hybridized carbons (Fsp3) is 0.880. The standard InChI is InChI=1S/C25H44N4O4S/c1-4-33-24(32)28-21(25(2,3)34-19-8-5-6-9-19)23(31)29-15-7-10-20(29)22(30)27-16-17-11-13-18(26)14-12-17/h17-21H,4-16,26H2,1-3H3,(H,27,30)(H,28,32)/t17?,18?,20-,21-/m0/s1. The van der Waals surface area contributed by atoms with E-state index in [4.69, 9.17) is 10.5 Å². The summed E-state index contributed by atoms with van der Waals surface area (Å²) in [7, 11) is 0. The zero-order valence-electron chi connectivity index (χ0n) is 21.1. The quantitative estimate of drug-likeness (QED) is 0.452. The van der Waals surface area contributed by atoms with Gasteiger partial charge in [0, 0.05) is 29.1 Å². The summed E-state index contributed by atoms with van der Waals surface area (Å²) >= 11 is 1.78. The van der Waals surface area contributed by atoms with E-state index in [1.165, 1.54) is 12.8 Å². The molecule has 3 rings (SSSR count). The predicted octanol–water partition coefficient (Wildman–Crippen LogP) is 3.18. The van der Waals surface area contributed by atoms with E-state index in [9.17, 15) is 14.4 Å². The number of amides is 3. The van der Waals surface area contributed by atoms with E-state index in [1.807, 2.05) is 13.8 Å². The second-order valence-electron chi connectivity index (χ2n) is 10.6. The molecule has 0 aromatic rings. The summed E-state index contributed by atoms with van der Waals surface area (Å²) in [6, 6.07) is -0.966. The van der Waals surface area contributed by atoms with Crippen LogP contribution in [0.2, 0.25) is 0 Å². The van der Waals surface area contributed by atoms with Gasteiger partial charge < -0.3 is 26.0 Å². The van der Waals surface area contributed by atoms with Gasteiger partial charge >= 0.3 is 6.09 Å². The molecule has 0 aromatic carbocycles. The van der Waals surface area contributed by atoms with E-state index in [1.54, 1.807) is 23.6 Å². The molecule has 1 saturated heterocycles. The van der Waals surface area contributed by atoms with Gasteiger partial charge in [0.1, 0.15) is 12.1 Å². The van der Waals surface area contributed by atoms with Crippen molar-refractivity contribution in [3.8, 4) is 0 Å². The third kappa shape index (κ3) is 7.26. The van der Waals surface area contributed by atoms with Gasteiger partial charge in [0.25, 0.3) is 0 Å². The summed E-state index contributed by atoms with van der Waals surface area (Å²) in [5, 5.41) is 6.42. The summed E-state index contributed by atoms with van der Waals surface area (Å²) in [6.45, 7) is 7.19. The lowest BCUT2D eigenvalue weighted by Crippen LogP contribution is -2.60. The summed E-state index contributed by atoms with van der Waals surface area (Å²) < 4.78 is 4.60. The molecule has 1 heterocycles. The molecular formula is C25H44N4O4S. The molecule has 2 atom stereocenters. The normalized spacial score (nSPS) is 26.8. The molecule has 0 unspecified atom stereocenters. The highest BCUT2D eigenvalue weighted by Gasteiger charge is 2.45. The van der Waals surface area contributed by atoms with Crippen molar-refractivity contribution in [1.29, 1.82) is 0 Å². The van der Waals surface area contributed by atoms with Crippen molar-refractivity contribution in [2.24, 2.45) is 11.7 Å². The minimum atomic E-state index is -0.759. The second kappa shape index (κ2) is 12.5. The largest absolute Gasteiger partial charge is 0.450 e. The van der Waals surface area contributed by atoms with Gasteiger partial charge in [-0.3, -0.25) is 9.59 Å². The van der Waals surface area contributed by atoms with Gasteiger partial charge in [-0.25, -0.2) is 4.79 Å². The van der Waals surface area contributed by atoms with Gasteiger partial charge in [-0.15, -0.1) is 11.8 Å². The summed E-state index contributed by atoms with van der Waals surface area (Å²) in [5.41, 5.74) is 6.00. The zero-order chi connectivity index (χ0) is 24.7. The molecule has 4 N–H and O–H groups in total. The summed E-state index contributed by atoms with van der Waals surface area (Å²) in [5.74, 6) is 0.177. The van der Waals surface area contributed by atoms with Gasteiger partial charge in [0.15, 0.2) is 0 Å². The Hall–Kier alpha value is -1.48. The minimum Gasteiger partial charge on any atom is -0.450 e. The van der Waals surface area contributed by atoms with Crippen LogP contribution >= 0.6 is 11.8 Å². The van der Waals surface area contributed by atoms with Crippen molar-refractivity contribution in [2.45, 2.75) is 113 Å². The molecule has 194 valence electrons. The average molecular weight is 497 g/mol. The first-order valence-electron chi connectivity index (χ1n) is 13.2. The average Bonchev–Trinajstić information content (AvgIpc) is 3.48. The van der Waals surface area contributed by atoms with Crippen LogP contribution in [0.15, 0.2) is 0 Å². The Morgan fingerprint density at radius 2 is 1.74 bits per heavy atom. The Kier molecular flexibility index (Phi) is 9.95. The number of rotatable bonds is 9. The lowest BCUT2D eigenvalue weighted by molar-refractivity contribution is -0.140. The molecule has 0 aromatic heterocycles. The SMILES string of the molecule is CCOC(=O)N[C@@H](C(=O)N1CCC[C@H]1C(=O)NCC1CCC(N)CC1)C(C)(C)SC1CCCC1. The third-order valence-electron chi connectivity index (χ3n) is 7.55. The molecule has 3 amide bonds. The Morgan fingerprint density at radius 1 is 1.06 bits per heavy atom. The molecule has 9 heteroatoms. The number of nitrogens with two attached hydrogens (primary N) is 1. The molecule has 2 saturated carbocycles. The van der Waals surface area contributed by atoms with Crippen molar-refractivity contribution in [3.05, 3.63) is 0 Å². The van der Waals surface area contributed by atoms with Crippen molar-refractivity contribution in [3.63, 3.8) is 0 Å². The number of ether oxygens (including phenoxy) is 1. The van der Waals surface area contributed by atoms with Gasteiger partial charge in [-0.2, -0.15) is 0 Å². The Labute approximate surface area is 208 Å². The molecule has 0 spiro atoms. The highest BCUT2D eigenvalue weighted by atomic mass is 32.2. The molecule has 34 heavy (non-hydrogen) atoms. The number of alkyl carbamates (subject to hydrolysis) is 1. The molecule has 3 aliphatic rings. The lowest BCUT2D eigenvalue weighted by atomic mass is 9.86. The maximum atomic E-state index is 13.8. The summed E-state index contributed by atoms with van der Waals surface area (Å²) in [6.07, 6.45) is 9.60. The number of likely N-dealkylation sites (tertiary alicyclic amines) is 1. The fourth-order valence-corrected chi connectivity index (χ4v) is 7.28. The van der Waals surface area contributed by atoms with E-state index >= 15 is 0 Å². The van der Waals surface area contributed by atoms with Crippen LogP contribution in [0, 0.1) is 5.92 Å². The van der Waals surface area contributed by atoms with Crippen LogP contribution in [0.3, 0.4) is 0 Å². The Bertz CT molecular complexity index is 705. The van der Waals surface area contributed by atoms with Crippen molar-refractivity contribution in [2.75, 3.05) is 19.7 Å². The van der Waals surface area contributed by atoms with E-state index < -0.39 is 22.9 Å². The zero-order valence-corrected chi connectivity index (χ0v) is 22.0. The number of hydrogen-bond acceptors (Lipinski definition) is 6. The van der Waals surface area contributed by atoms with Crippen molar-refractivity contribution >= 4 is 29.7 Å². The van der Waals surface area contributed by atoms with Crippen LogP contribution in [-0.2, 0) is 14.3 Å². The molecule has 8 nitrogen and oxygen atoms in total. The highest BCUT2D eigenvalue weighted by molar-refractivity contribution is 8.01. The molecule has 1 aliphatic heterocycles. The monoisotopic (exact) mass is 496 g/mol. The number of nitrogens with one attached hydrogen (secondary N) is 2. The van der Waals surface area contributed by atoms with E-state index in [0.717, 1.165) is 44.9 Å². The number of thioether (sulfide) groups is 1. The Balaban J connectivity index is 1.66. The molecule has 2 aliphatic carbocycles. The van der Waals surface area contributed by atoms with Crippen LogP contribution in [0.5, 0.6) is 0 Å². The maximum Gasteiger partial charge on any atom is 0.407 e. The number of hydrogen-bond donors (Lipinski definition) is 3. The van der Waals surface area contributed by atoms with Gasteiger partial charge in [-0.1, -0.05) is 12.8 Å². The molecular weight excluding hydrogens is 452 g/mol. The van der Waals surface area contributed by atoms with Crippen LogP contribution in [0.1, 0.15) is 85.0 Å². The number of carbonyl (C=O) groups excluding carboxylic acids is 3. The van der Waals surface area contributed by atoms with Crippen LogP contribution in [0.25, 0.3) is 0 Å². The first kappa shape index (κ1) is 27.1. The van der Waals surface area contributed by atoms with E-state index in [0.29, 0.717) is 30.7 Å². The van der Waals surface area contributed by atoms with Crippen molar-refractivity contribution < 1.29 is 19.1 Å².